The van der Waals surface area contributed by atoms with Gasteiger partial charge in [-0.2, -0.15) is 8.78 Å². The molecule has 2 heterocycles. The fraction of sp³-hybridized carbons (Fsp3) is 0.350. The van der Waals surface area contributed by atoms with Crippen molar-refractivity contribution in [2.24, 2.45) is 0 Å². The predicted molar refractivity (Wildman–Crippen MR) is 107 cm³/mol. The maximum absolute atomic E-state index is 12.8. The number of anilines is 1. The third-order valence-electron chi connectivity index (χ3n) is 4.20. The fourth-order valence-electron chi connectivity index (χ4n) is 2.84. The molecular formula is C20H21F2N3O2S. The monoisotopic (exact) mass is 405 g/mol. The molecule has 0 radical (unpaired) electrons. The van der Waals surface area contributed by atoms with E-state index in [-0.39, 0.29) is 16.9 Å². The maximum Gasteiger partial charge on any atom is 0.387 e. The summed E-state index contributed by atoms with van der Waals surface area (Å²) in [5, 5.41) is 3.51. The van der Waals surface area contributed by atoms with Crippen molar-refractivity contribution in [1.82, 2.24) is 9.97 Å². The topological polar surface area (TPSA) is 64.1 Å². The Morgan fingerprint density at radius 3 is 2.50 bits per heavy atom. The summed E-state index contributed by atoms with van der Waals surface area (Å²) in [5.74, 6) is 0.222. The molecule has 1 aromatic carbocycles. The first-order valence-electron chi connectivity index (χ1n) is 8.71. The van der Waals surface area contributed by atoms with Crippen LogP contribution in [-0.2, 0) is 5.41 Å². The molecule has 0 fully saturated rings. The number of amides is 1. The summed E-state index contributed by atoms with van der Waals surface area (Å²) in [6.45, 7) is 6.85. The lowest BCUT2D eigenvalue weighted by atomic mass is 9.95. The van der Waals surface area contributed by atoms with E-state index in [4.69, 9.17) is 0 Å². The highest BCUT2D eigenvalue weighted by molar-refractivity contribution is 7.20. The highest BCUT2D eigenvalue weighted by atomic mass is 32.1. The van der Waals surface area contributed by atoms with Gasteiger partial charge in [-0.1, -0.05) is 32.9 Å². The molecule has 0 aliphatic rings. The average molecular weight is 405 g/mol. The van der Waals surface area contributed by atoms with Crippen LogP contribution < -0.4 is 10.1 Å². The summed E-state index contributed by atoms with van der Waals surface area (Å²) in [6, 6.07) is 6.09. The van der Waals surface area contributed by atoms with Crippen LogP contribution in [0, 0.1) is 13.8 Å². The van der Waals surface area contributed by atoms with Gasteiger partial charge < -0.3 is 10.1 Å². The van der Waals surface area contributed by atoms with Gasteiger partial charge in [-0.3, -0.25) is 4.79 Å². The molecule has 0 aliphatic carbocycles. The van der Waals surface area contributed by atoms with Crippen molar-refractivity contribution >= 4 is 33.1 Å². The van der Waals surface area contributed by atoms with Crippen molar-refractivity contribution in [1.29, 1.82) is 0 Å². The number of hydrogen-bond acceptors (Lipinski definition) is 5. The molecule has 0 saturated heterocycles. The number of benzene rings is 1. The molecule has 0 unspecified atom stereocenters. The molecule has 28 heavy (non-hydrogen) atoms. The molecule has 3 rings (SSSR count). The second kappa shape index (κ2) is 7.43. The van der Waals surface area contributed by atoms with Gasteiger partial charge in [-0.05, 0) is 31.5 Å². The maximum atomic E-state index is 12.8. The minimum atomic E-state index is -2.97. The normalized spacial score (nSPS) is 11.9. The molecule has 1 amide bonds. The van der Waals surface area contributed by atoms with Crippen LogP contribution in [0.1, 0.15) is 47.5 Å². The van der Waals surface area contributed by atoms with Gasteiger partial charge in [0.25, 0.3) is 5.91 Å². The highest BCUT2D eigenvalue weighted by Gasteiger charge is 2.24. The number of alkyl halides is 2. The summed E-state index contributed by atoms with van der Waals surface area (Å²) >= 11 is 1.26. The van der Waals surface area contributed by atoms with Crippen LogP contribution >= 0.6 is 11.3 Å². The van der Waals surface area contributed by atoms with E-state index in [2.05, 4.69) is 20.0 Å². The molecule has 148 valence electrons. The number of rotatable bonds is 4. The van der Waals surface area contributed by atoms with Crippen LogP contribution in [0.4, 0.5) is 14.5 Å². The fourth-order valence-corrected chi connectivity index (χ4v) is 3.97. The Labute approximate surface area is 165 Å². The van der Waals surface area contributed by atoms with Gasteiger partial charge in [0, 0.05) is 10.8 Å². The Bertz CT molecular complexity index is 1040. The van der Waals surface area contributed by atoms with Gasteiger partial charge in [0.15, 0.2) is 0 Å². The molecule has 0 aliphatic heterocycles. The molecule has 2 aromatic heterocycles. The number of nitrogens with one attached hydrogen (secondary N) is 1. The van der Waals surface area contributed by atoms with Gasteiger partial charge in [0.2, 0.25) is 0 Å². The Morgan fingerprint density at radius 1 is 1.18 bits per heavy atom. The van der Waals surface area contributed by atoms with Crippen molar-refractivity contribution in [2.45, 2.75) is 46.6 Å². The molecule has 0 atom stereocenters. The number of para-hydroxylation sites is 2. The van der Waals surface area contributed by atoms with Crippen molar-refractivity contribution in [3.63, 3.8) is 0 Å². The van der Waals surface area contributed by atoms with Crippen LogP contribution in [0.5, 0.6) is 5.75 Å². The molecule has 5 nitrogen and oxygen atoms in total. The number of nitrogens with zero attached hydrogens (tertiary/aromatic N) is 2. The summed E-state index contributed by atoms with van der Waals surface area (Å²) in [5.41, 5.74) is 1.54. The minimum Gasteiger partial charge on any atom is -0.433 e. The number of ether oxygens (including phenoxy) is 1. The number of aromatic nitrogens is 2. The largest absolute Gasteiger partial charge is 0.433 e. The number of aryl methyl sites for hydroxylation is 2. The van der Waals surface area contributed by atoms with E-state index in [0.717, 1.165) is 21.5 Å². The summed E-state index contributed by atoms with van der Waals surface area (Å²) < 4.78 is 29.7. The molecule has 1 N–H and O–H groups in total. The Hall–Kier alpha value is -2.61. The van der Waals surface area contributed by atoms with E-state index in [9.17, 15) is 13.6 Å². The van der Waals surface area contributed by atoms with E-state index < -0.39 is 12.5 Å². The van der Waals surface area contributed by atoms with E-state index in [1.165, 1.54) is 23.5 Å². The predicted octanol–water partition coefficient (Wildman–Crippen LogP) is 5.46. The Kier molecular flexibility index (Phi) is 5.34. The second-order valence-corrected chi connectivity index (χ2v) is 8.45. The van der Waals surface area contributed by atoms with E-state index in [1.807, 2.05) is 34.6 Å². The van der Waals surface area contributed by atoms with Gasteiger partial charge in [-0.25, -0.2) is 9.97 Å². The zero-order valence-corrected chi connectivity index (χ0v) is 17.1. The van der Waals surface area contributed by atoms with Crippen molar-refractivity contribution in [3.8, 4) is 5.75 Å². The second-order valence-electron chi connectivity index (χ2n) is 7.45. The quantitative estimate of drug-likeness (QED) is 0.626. The third-order valence-corrected chi connectivity index (χ3v) is 5.38. The zero-order chi connectivity index (χ0) is 20.6. The lowest BCUT2D eigenvalue weighted by Gasteiger charge is -2.16. The van der Waals surface area contributed by atoms with Crippen molar-refractivity contribution in [2.75, 3.05) is 5.32 Å². The van der Waals surface area contributed by atoms with Crippen molar-refractivity contribution in [3.05, 3.63) is 46.2 Å². The minimum absolute atomic E-state index is 0.0874. The number of carbonyl (C=O) groups is 1. The summed E-state index contributed by atoms with van der Waals surface area (Å²) in [6.07, 6.45) is 0. The van der Waals surface area contributed by atoms with E-state index in [0.29, 0.717) is 10.7 Å². The lowest BCUT2D eigenvalue weighted by molar-refractivity contribution is -0.0493. The number of hydrogen-bond donors (Lipinski definition) is 1. The zero-order valence-electron chi connectivity index (χ0n) is 16.3. The van der Waals surface area contributed by atoms with E-state index in [1.54, 1.807) is 12.1 Å². The summed E-state index contributed by atoms with van der Waals surface area (Å²) in [4.78, 5) is 23.3. The molecule has 0 spiro atoms. The van der Waals surface area contributed by atoms with Crippen LogP contribution in [0.15, 0.2) is 24.3 Å². The first-order chi connectivity index (χ1) is 13.1. The van der Waals surface area contributed by atoms with Crippen LogP contribution in [0.3, 0.4) is 0 Å². The molecule has 3 aromatic rings. The van der Waals surface area contributed by atoms with Crippen molar-refractivity contribution < 1.29 is 18.3 Å². The molecule has 0 saturated carbocycles. The smallest absolute Gasteiger partial charge is 0.387 e. The van der Waals surface area contributed by atoms with Crippen LogP contribution in [-0.4, -0.2) is 22.5 Å². The number of carbonyl (C=O) groups excluding carboxylic acids is 1. The third kappa shape index (κ3) is 3.96. The molecule has 8 heteroatoms. The first kappa shape index (κ1) is 20.1. The van der Waals surface area contributed by atoms with Gasteiger partial charge in [0.05, 0.1) is 16.3 Å². The number of fused-ring (bicyclic) bond motifs is 1. The van der Waals surface area contributed by atoms with Crippen LogP contribution in [0.25, 0.3) is 10.2 Å². The molecular weight excluding hydrogens is 384 g/mol. The van der Waals surface area contributed by atoms with Gasteiger partial charge >= 0.3 is 6.61 Å². The first-order valence-corrected chi connectivity index (χ1v) is 9.53. The van der Waals surface area contributed by atoms with Gasteiger partial charge in [0.1, 0.15) is 16.4 Å². The average Bonchev–Trinajstić information content (AvgIpc) is 2.93. The number of thiophene rings is 1. The van der Waals surface area contributed by atoms with E-state index >= 15 is 0 Å². The van der Waals surface area contributed by atoms with Gasteiger partial charge in [-0.15, -0.1) is 11.3 Å². The molecule has 0 bridgehead atoms. The SMILES string of the molecule is Cc1nc(C(C)(C)C)nc2sc(C(=O)Nc3ccccc3OC(F)F)c(C)c12. The van der Waals surface area contributed by atoms with Crippen LogP contribution in [0.2, 0.25) is 0 Å². The number of halogens is 2. The Morgan fingerprint density at radius 2 is 1.86 bits per heavy atom. The standard InChI is InChI=1S/C20H21F2N3O2S/c1-10-14-11(2)23-18(20(3,4)5)25-17(14)28-15(10)16(26)24-12-8-6-7-9-13(12)27-19(21)22/h6-9,19H,1-5H3,(H,24,26). The lowest BCUT2D eigenvalue weighted by Crippen LogP contribution is -2.16. The summed E-state index contributed by atoms with van der Waals surface area (Å²) in [7, 11) is 0. The Balaban J connectivity index is 1.99. The highest BCUT2D eigenvalue weighted by Crippen LogP contribution is 2.34.